The number of nitrogens with zero attached hydrogens (tertiary/aromatic N) is 1. The highest BCUT2D eigenvalue weighted by molar-refractivity contribution is 6.30. The fourth-order valence-corrected chi connectivity index (χ4v) is 3.05. The molecule has 2 aromatic rings. The Morgan fingerprint density at radius 3 is 2.34 bits per heavy atom. The van der Waals surface area contributed by atoms with E-state index in [1.54, 1.807) is 0 Å². The summed E-state index contributed by atoms with van der Waals surface area (Å²) in [7, 11) is 0. The number of ether oxygens (including phenoxy) is 2. The Bertz CT molecular complexity index is 830. The zero-order valence-electron chi connectivity index (χ0n) is 14.7. The number of halogens is 4. The Morgan fingerprint density at radius 2 is 1.76 bits per heavy atom. The number of aromatic nitrogens is 2. The molecule has 0 aliphatic carbocycles. The first kappa shape index (κ1) is 21.8. The third kappa shape index (κ3) is 4.65. The number of alkyl halides is 3. The maximum atomic E-state index is 13.4. The van der Waals surface area contributed by atoms with Crippen LogP contribution in [-0.2, 0) is 17.3 Å². The van der Waals surface area contributed by atoms with Crippen LogP contribution in [0.1, 0.15) is 16.8 Å². The average molecular weight is 439 g/mol. The number of aromatic amines is 1. The van der Waals surface area contributed by atoms with Gasteiger partial charge in [0, 0.05) is 11.4 Å². The predicted octanol–water partition coefficient (Wildman–Crippen LogP) is 0.851. The monoisotopic (exact) mass is 438 g/mol. The first-order valence-corrected chi connectivity index (χ1v) is 8.85. The highest BCUT2D eigenvalue weighted by atomic mass is 35.5. The van der Waals surface area contributed by atoms with Gasteiger partial charge in [-0.1, -0.05) is 23.7 Å². The standard InChI is InChI=1S/C17H18ClF3N2O6/c18-8-3-1-7(2-4-8)5-9-14(17(19,20)21)22-23-15(9)29-16-13(27)12(26)11(25)10(6-24)28-16/h1-4,10-13,16,24-27H,5-6H2,(H,22,23)/t10-,11-,12+,13-,16+/m1/s1. The molecule has 1 aromatic carbocycles. The van der Waals surface area contributed by atoms with Crippen LogP contribution in [-0.4, -0.2) is 67.9 Å². The molecule has 8 nitrogen and oxygen atoms in total. The second-order valence-corrected chi connectivity index (χ2v) is 6.93. The van der Waals surface area contributed by atoms with Crippen LogP contribution in [0.3, 0.4) is 0 Å². The van der Waals surface area contributed by atoms with E-state index in [1.807, 2.05) is 5.10 Å². The molecule has 160 valence electrons. The molecular weight excluding hydrogens is 421 g/mol. The van der Waals surface area contributed by atoms with E-state index in [-0.39, 0.29) is 12.0 Å². The number of benzene rings is 1. The fraction of sp³-hybridized carbons (Fsp3) is 0.471. The van der Waals surface area contributed by atoms with E-state index in [9.17, 15) is 33.6 Å². The van der Waals surface area contributed by atoms with Gasteiger partial charge in [-0.25, -0.2) is 0 Å². The number of rotatable bonds is 5. The average Bonchev–Trinajstić information content (AvgIpc) is 3.06. The van der Waals surface area contributed by atoms with E-state index in [0.29, 0.717) is 10.6 Å². The van der Waals surface area contributed by atoms with Crippen LogP contribution in [0.5, 0.6) is 5.88 Å². The number of aliphatic hydroxyl groups is 4. The summed E-state index contributed by atoms with van der Waals surface area (Å²) in [6.45, 7) is -0.712. The summed E-state index contributed by atoms with van der Waals surface area (Å²) in [6, 6.07) is 6.10. The molecule has 29 heavy (non-hydrogen) atoms. The molecule has 12 heteroatoms. The first-order chi connectivity index (χ1) is 13.6. The predicted molar refractivity (Wildman–Crippen MR) is 92.2 cm³/mol. The van der Waals surface area contributed by atoms with Crippen LogP contribution in [0.2, 0.25) is 5.02 Å². The second kappa shape index (κ2) is 8.46. The molecule has 3 rings (SSSR count). The molecular formula is C17H18ClF3N2O6. The van der Waals surface area contributed by atoms with Gasteiger partial charge < -0.3 is 29.9 Å². The molecule has 0 unspecified atom stereocenters. The van der Waals surface area contributed by atoms with Crippen LogP contribution < -0.4 is 4.74 Å². The van der Waals surface area contributed by atoms with Crippen molar-refractivity contribution in [2.45, 2.75) is 43.3 Å². The van der Waals surface area contributed by atoms with Crippen LogP contribution in [0.4, 0.5) is 13.2 Å². The Labute approximate surface area is 167 Å². The van der Waals surface area contributed by atoms with E-state index in [4.69, 9.17) is 21.1 Å². The van der Waals surface area contributed by atoms with Gasteiger partial charge in [0.1, 0.15) is 30.1 Å². The summed E-state index contributed by atoms with van der Waals surface area (Å²) in [6.07, 6.45) is -13.1. The number of hydrogen-bond donors (Lipinski definition) is 5. The quantitative estimate of drug-likeness (QED) is 0.468. The van der Waals surface area contributed by atoms with Gasteiger partial charge in [-0.05, 0) is 17.7 Å². The smallest absolute Gasteiger partial charge is 0.433 e. The summed E-state index contributed by atoms with van der Waals surface area (Å²) in [5.74, 6) is -0.503. The number of nitrogens with one attached hydrogen (secondary N) is 1. The van der Waals surface area contributed by atoms with E-state index in [1.165, 1.54) is 24.3 Å². The van der Waals surface area contributed by atoms with Gasteiger partial charge in [0.05, 0.1) is 12.2 Å². The van der Waals surface area contributed by atoms with Crippen molar-refractivity contribution in [2.24, 2.45) is 0 Å². The van der Waals surface area contributed by atoms with Crippen molar-refractivity contribution < 1.29 is 43.1 Å². The molecule has 1 aliphatic rings. The summed E-state index contributed by atoms with van der Waals surface area (Å²) >= 11 is 5.79. The zero-order chi connectivity index (χ0) is 21.3. The molecule has 0 saturated carbocycles. The lowest BCUT2D eigenvalue weighted by Crippen LogP contribution is -2.60. The van der Waals surface area contributed by atoms with Crippen molar-refractivity contribution in [3.8, 4) is 5.88 Å². The van der Waals surface area contributed by atoms with Gasteiger partial charge in [0.2, 0.25) is 12.2 Å². The van der Waals surface area contributed by atoms with Crippen molar-refractivity contribution >= 4 is 11.6 Å². The molecule has 1 aliphatic heterocycles. The van der Waals surface area contributed by atoms with Crippen molar-refractivity contribution in [1.82, 2.24) is 10.2 Å². The third-order valence-corrected chi connectivity index (χ3v) is 4.74. The van der Waals surface area contributed by atoms with E-state index in [0.717, 1.165) is 0 Å². The highest BCUT2D eigenvalue weighted by Crippen LogP contribution is 2.36. The van der Waals surface area contributed by atoms with Gasteiger partial charge in [-0.3, -0.25) is 5.10 Å². The molecule has 5 atom stereocenters. The van der Waals surface area contributed by atoms with Gasteiger partial charge >= 0.3 is 6.18 Å². The van der Waals surface area contributed by atoms with E-state index in [2.05, 4.69) is 5.10 Å². The third-order valence-electron chi connectivity index (χ3n) is 4.48. The molecule has 0 amide bonds. The summed E-state index contributed by atoms with van der Waals surface area (Å²) < 4.78 is 50.6. The molecule has 0 radical (unpaired) electrons. The molecule has 1 fully saturated rings. The van der Waals surface area contributed by atoms with E-state index >= 15 is 0 Å². The molecule has 1 saturated heterocycles. The van der Waals surface area contributed by atoms with Crippen LogP contribution in [0.15, 0.2) is 24.3 Å². The number of H-pyrrole nitrogens is 1. The highest BCUT2D eigenvalue weighted by Gasteiger charge is 2.46. The topological polar surface area (TPSA) is 128 Å². The van der Waals surface area contributed by atoms with Crippen LogP contribution >= 0.6 is 11.6 Å². The van der Waals surface area contributed by atoms with Gasteiger partial charge in [0.15, 0.2) is 0 Å². The molecule has 2 heterocycles. The van der Waals surface area contributed by atoms with Gasteiger partial charge in [0.25, 0.3) is 0 Å². The van der Waals surface area contributed by atoms with E-state index < -0.39 is 55.1 Å². The minimum Gasteiger partial charge on any atom is -0.443 e. The summed E-state index contributed by atoms with van der Waals surface area (Å²) in [4.78, 5) is 0. The van der Waals surface area contributed by atoms with Gasteiger partial charge in [-0.2, -0.15) is 13.2 Å². The lowest BCUT2D eigenvalue weighted by atomic mass is 9.99. The first-order valence-electron chi connectivity index (χ1n) is 8.48. The fourth-order valence-electron chi connectivity index (χ4n) is 2.93. The lowest BCUT2D eigenvalue weighted by Gasteiger charge is -2.39. The van der Waals surface area contributed by atoms with Gasteiger partial charge in [-0.15, -0.1) is 5.10 Å². The minimum absolute atomic E-state index is 0.227. The second-order valence-electron chi connectivity index (χ2n) is 6.50. The maximum absolute atomic E-state index is 13.4. The summed E-state index contributed by atoms with van der Waals surface area (Å²) in [5.41, 5.74) is -1.01. The van der Waals surface area contributed by atoms with Crippen molar-refractivity contribution in [2.75, 3.05) is 6.61 Å². The summed E-state index contributed by atoms with van der Waals surface area (Å²) in [5, 5.41) is 44.7. The Kier molecular flexibility index (Phi) is 6.36. The lowest BCUT2D eigenvalue weighted by molar-refractivity contribution is -0.278. The SMILES string of the molecule is OC[C@H]1O[C@@H](Oc2n[nH]c(C(F)(F)F)c2Cc2ccc(Cl)cc2)[C@H](O)[C@@H](O)[C@@H]1O. The molecule has 5 N–H and O–H groups in total. The van der Waals surface area contributed by atoms with Crippen LogP contribution in [0, 0.1) is 0 Å². The Morgan fingerprint density at radius 1 is 1.10 bits per heavy atom. The Balaban J connectivity index is 1.90. The van der Waals surface area contributed by atoms with Crippen molar-refractivity contribution in [1.29, 1.82) is 0 Å². The van der Waals surface area contributed by atoms with Crippen molar-refractivity contribution in [3.63, 3.8) is 0 Å². The normalized spacial score (nSPS) is 27.8. The van der Waals surface area contributed by atoms with Crippen LogP contribution in [0.25, 0.3) is 0 Å². The minimum atomic E-state index is -4.76. The van der Waals surface area contributed by atoms with Crippen molar-refractivity contribution in [3.05, 3.63) is 46.1 Å². The number of aliphatic hydroxyl groups excluding tert-OH is 4. The molecule has 0 spiro atoms. The number of hydrogen-bond acceptors (Lipinski definition) is 7. The largest absolute Gasteiger partial charge is 0.443 e. The molecule has 0 bridgehead atoms. The maximum Gasteiger partial charge on any atom is 0.433 e. The zero-order valence-corrected chi connectivity index (χ0v) is 15.4. The molecule has 1 aromatic heterocycles. The Hall–Kier alpha value is -1.89.